The molecule has 0 amide bonds. The van der Waals surface area contributed by atoms with Crippen molar-refractivity contribution in [2.75, 3.05) is 6.54 Å². The number of benzene rings is 2. The summed E-state index contributed by atoms with van der Waals surface area (Å²) < 4.78 is 0. The van der Waals surface area contributed by atoms with Crippen molar-refractivity contribution in [1.29, 1.82) is 0 Å². The molecule has 0 saturated heterocycles. The van der Waals surface area contributed by atoms with E-state index < -0.39 is 0 Å². The number of allylic oxidation sites excluding steroid dienone is 2. The van der Waals surface area contributed by atoms with Gasteiger partial charge >= 0.3 is 0 Å². The van der Waals surface area contributed by atoms with Crippen molar-refractivity contribution < 1.29 is 5.11 Å². The lowest BCUT2D eigenvalue weighted by Crippen LogP contribution is -2.47. The number of aliphatic hydroxyl groups is 1. The van der Waals surface area contributed by atoms with Gasteiger partial charge in [0.2, 0.25) is 0 Å². The van der Waals surface area contributed by atoms with E-state index in [1.807, 2.05) is 30.6 Å². The van der Waals surface area contributed by atoms with E-state index in [1.165, 1.54) is 11.1 Å². The van der Waals surface area contributed by atoms with Crippen LogP contribution >= 0.6 is 0 Å². The summed E-state index contributed by atoms with van der Waals surface area (Å²) in [6.07, 6.45) is 7.59. The first-order chi connectivity index (χ1) is 13.6. The van der Waals surface area contributed by atoms with Gasteiger partial charge < -0.3 is 10.4 Å². The Morgan fingerprint density at radius 2 is 1.57 bits per heavy atom. The smallest absolute Gasteiger partial charge is 0.142 e. The lowest BCUT2D eigenvalue weighted by Gasteiger charge is -2.42. The fraction of sp³-hybridized carbons (Fsp3) is 0.250. The van der Waals surface area contributed by atoms with Crippen LogP contribution in [0.2, 0.25) is 0 Å². The highest BCUT2D eigenvalue weighted by Crippen LogP contribution is 2.35. The van der Waals surface area contributed by atoms with E-state index in [0.29, 0.717) is 5.92 Å². The quantitative estimate of drug-likeness (QED) is 0.812. The zero-order chi connectivity index (χ0) is 19.5. The van der Waals surface area contributed by atoms with Crippen LogP contribution in [0.25, 0.3) is 0 Å². The highest BCUT2D eigenvalue weighted by molar-refractivity contribution is 5.36. The fourth-order valence-electron chi connectivity index (χ4n) is 3.83. The molecular formula is C24H27N3O. The molecule has 2 N–H and O–H groups in total. The molecular weight excluding hydrogens is 346 g/mol. The Balaban J connectivity index is 1.84. The molecule has 0 saturated carbocycles. The number of hydrazine groups is 1. The number of nitrogens with one attached hydrogen (secondary N) is 1. The zero-order valence-corrected chi connectivity index (χ0v) is 16.4. The summed E-state index contributed by atoms with van der Waals surface area (Å²) in [7, 11) is 0. The molecule has 2 aliphatic heterocycles. The molecule has 2 aromatic rings. The number of nitrogens with zero attached hydrogens (tertiary/aromatic N) is 2. The molecule has 4 heteroatoms. The summed E-state index contributed by atoms with van der Waals surface area (Å²) in [5, 5.41) is 18.5. The predicted octanol–water partition coefficient (Wildman–Crippen LogP) is 4.73. The van der Waals surface area contributed by atoms with Crippen LogP contribution in [0.5, 0.6) is 0 Å². The number of hydrogen-bond acceptors (Lipinski definition) is 4. The molecule has 28 heavy (non-hydrogen) atoms. The molecule has 2 aromatic carbocycles. The summed E-state index contributed by atoms with van der Waals surface area (Å²) in [4.78, 5) is 0. The van der Waals surface area contributed by atoms with E-state index in [2.05, 4.69) is 77.7 Å². The van der Waals surface area contributed by atoms with E-state index in [4.69, 9.17) is 0 Å². The van der Waals surface area contributed by atoms with Crippen molar-refractivity contribution in [3.8, 4) is 0 Å². The van der Waals surface area contributed by atoms with E-state index in [9.17, 15) is 5.11 Å². The Bertz CT molecular complexity index is 847. The maximum Gasteiger partial charge on any atom is 0.142 e. The normalized spacial score (nSPS) is 19.7. The lowest BCUT2D eigenvalue weighted by molar-refractivity contribution is 0.0120. The Morgan fingerprint density at radius 1 is 0.964 bits per heavy atom. The van der Waals surface area contributed by atoms with Crippen molar-refractivity contribution in [3.63, 3.8) is 0 Å². The third kappa shape index (κ3) is 3.56. The summed E-state index contributed by atoms with van der Waals surface area (Å²) in [5.41, 5.74) is 3.21. The molecule has 4 rings (SSSR count). The molecule has 0 unspecified atom stereocenters. The second-order valence-electron chi connectivity index (χ2n) is 7.63. The Hall–Kier alpha value is -2.98. The Kier molecular flexibility index (Phi) is 5.22. The lowest BCUT2D eigenvalue weighted by atomic mass is 9.96. The zero-order valence-electron chi connectivity index (χ0n) is 16.4. The largest absolute Gasteiger partial charge is 0.506 e. The summed E-state index contributed by atoms with van der Waals surface area (Å²) in [5.74, 6) is 0.715. The van der Waals surface area contributed by atoms with Crippen molar-refractivity contribution >= 4 is 0 Å². The van der Waals surface area contributed by atoms with E-state index >= 15 is 0 Å². The second-order valence-corrected chi connectivity index (χ2v) is 7.63. The van der Waals surface area contributed by atoms with Crippen LogP contribution in [-0.4, -0.2) is 27.7 Å². The maximum absolute atomic E-state index is 10.5. The molecule has 0 fully saturated rings. The van der Waals surface area contributed by atoms with Gasteiger partial charge in [-0.05, 0) is 29.2 Å². The first-order valence-corrected chi connectivity index (χ1v) is 9.85. The Labute approximate surface area is 167 Å². The average Bonchev–Trinajstić information content (AvgIpc) is 2.91. The predicted molar refractivity (Wildman–Crippen MR) is 113 cm³/mol. The first-order valence-electron chi connectivity index (χ1n) is 9.85. The van der Waals surface area contributed by atoms with Gasteiger partial charge in [-0.25, -0.2) is 5.01 Å². The molecule has 0 aliphatic carbocycles. The monoisotopic (exact) mass is 373 g/mol. The topological polar surface area (TPSA) is 38.7 Å². The molecule has 2 heterocycles. The minimum absolute atomic E-state index is 0.0301. The third-order valence-corrected chi connectivity index (χ3v) is 5.42. The van der Waals surface area contributed by atoms with Gasteiger partial charge in [-0.1, -0.05) is 74.5 Å². The second kappa shape index (κ2) is 7.95. The van der Waals surface area contributed by atoms with Gasteiger partial charge in [-0.15, -0.1) is 0 Å². The standard InChI is InChI=1S/C24H27N3O/c1-18(2)21-17-27(26-15-9-14-23(28)22(26)16-25-21)24(19-10-5-3-6-11-19)20-12-7-4-8-13-20/h3-16,18,21,24-25,28H,17H2,1-2H3/t21-/m1/s1. The van der Waals surface area contributed by atoms with E-state index in [0.717, 1.165) is 12.2 Å². The van der Waals surface area contributed by atoms with Gasteiger partial charge in [0.05, 0.1) is 6.04 Å². The Morgan fingerprint density at radius 3 is 2.14 bits per heavy atom. The van der Waals surface area contributed by atoms with Gasteiger partial charge in [0.15, 0.2) is 0 Å². The van der Waals surface area contributed by atoms with Crippen molar-refractivity contribution in [1.82, 2.24) is 15.3 Å². The summed E-state index contributed by atoms with van der Waals surface area (Å²) in [6, 6.07) is 21.4. The molecule has 4 nitrogen and oxygen atoms in total. The third-order valence-electron chi connectivity index (χ3n) is 5.42. The van der Waals surface area contributed by atoms with Gasteiger partial charge in [0.25, 0.3) is 0 Å². The van der Waals surface area contributed by atoms with Crippen LogP contribution in [0.1, 0.15) is 31.0 Å². The molecule has 0 spiro atoms. The molecule has 0 radical (unpaired) electrons. The first kappa shape index (κ1) is 18.4. The van der Waals surface area contributed by atoms with Gasteiger partial charge in [-0.2, -0.15) is 0 Å². The maximum atomic E-state index is 10.5. The van der Waals surface area contributed by atoms with Crippen LogP contribution in [0, 0.1) is 5.92 Å². The van der Waals surface area contributed by atoms with Crippen LogP contribution < -0.4 is 5.32 Å². The molecule has 0 bridgehead atoms. The van der Waals surface area contributed by atoms with Crippen LogP contribution in [0.15, 0.2) is 96.7 Å². The van der Waals surface area contributed by atoms with Gasteiger partial charge in [0, 0.05) is 25.0 Å². The average molecular weight is 374 g/mol. The highest BCUT2D eigenvalue weighted by atomic mass is 16.3. The van der Waals surface area contributed by atoms with Gasteiger partial charge in [0.1, 0.15) is 11.5 Å². The number of fused-ring (bicyclic) bond motifs is 1. The molecule has 144 valence electrons. The highest BCUT2D eigenvalue weighted by Gasteiger charge is 2.34. The van der Waals surface area contributed by atoms with Gasteiger partial charge in [-0.3, -0.25) is 5.01 Å². The molecule has 0 aromatic heterocycles. The minimum atomic E-state index is 0.0301. The summed E-state index contributed by atoms with van der Waals surface area (Å²) >= 11 is 0. The number of rotatable bonds is 4. The molecule has 1 atom stereocenters. The number of hydrogen-bond donors (Lipinski definition) is 2. The van der Waals surface area contributed by atoms with Crippen molar-refractivity contribution in [3.05, 3.63) is 108 Å². The molecule has 2 aliphatic rings. The minimum Gasteiger partial charge on any atom is -0.506 e. The van der Waals surface area contributed by atoms with Crippen LogP contribution in [-0.2, 0) is 0 Å². The van der Waals surface area contributed by atoms with Crippen LogP contribution in [0.4, 0.5) is 0 Å². The fourth-order valence-corrected chi connectivity index (χ4v) is 3.83. The SMILES string of the molecule is CC(C)[C@H]1CN(C(c2ccccc2)c2ccccc2)N2C=CC=C(O)C2=CN1. The van der Waals surface area contributed by atoms with E-state index in [-0.39, 0.29) is 17.8 Å². The van der Waals surface area contributed by atoms with Crippen molar-refractivity contribution in [2.45, 2.75) is 25.9 Å². The van der Waals surface area contributed by atoms with E-state index in [1.54, 1.807) is 6.08 Å². The van der Waals surface area contributed by atoms with Crippen LogP contribution in [0.3, 0.4) is 0 Å². The van der Waals surface area contributed by atoms with Crippen molar-refractivity contribution in [2.24, 2.45) is 5.92 Å². The summed E-state index contributed by atoms with van der Waals surface area (Å²) in [6.45, 7) is 5.26. The number of aliphatic hydroxyl groups excluding tert-OH is 1.